The van der Waals surface area contributed by atoms with Gasteiger partial charge in [-0.1, -0.05) is 12.1 Å². The van der Waals surface area contributed by atoms with Crippen molar-refractivity contribution in [1.29, 1.82) is 5.26 Å². The number of nitrogens with one attached hydrogen (secondary N) is 1. The number of carbonyl (C=O) groups is 2. The minimum absolute atomic E-state index is 0.0128. The van der Waals surface area contributed by atoms with E-state index in [1.54, 1.807) is 31.3 Å². The Kier molecular flexibility index (Phi) is 6.13. The molecule has 2 amide bonds. The minimum Gasteiger partial charge on any atom is -0.394 e. The van der Waals surface area contributed by atoms with Crippen LogP contribution in [0.2, 0.25) is 0 Å². The summed E-state index contributed by atoms with van der Waals surface area (Å²) < 4.78 is 26.0. The number of aliphatic hydroxyl groups is 2. The molecule has 2 saturated carbocycles. The maximum Gasteiger partial charge on any atom is 0.272 e. The highest BCUT2D eigenvalue weighted by Crippen LogP contribution is 2.58. The van der Waals surface area contributed by atoms with Crippen LogP contribution in [0, 0.1) is 11.3 Å². The summed E-state index contributed by atoms with van der Waals surface area (Å²) in [6, 6.07) is 8.88. The normalized spacial score (nSPS) is 20.1. The van der Waals surface area contributed by atoms with Crippen LogP contribution in [0.1, 0.15) is 63.4 Å². The molecule has 12 heteroatoms. The molecule has 1 unspecified atom stereocenters. The van der Waals surface area contributed by atoms with Crippen molar-refractivity contribution in [2.24, 2.45) is 7.05 Å². The number of amides is 2. The average Bonchev–Trinajstić information content (AvgIpc) is 3.82. The highest BCUT2D eigenvalue weighted by molar-refractivity contribution is 7.94. The average molecular weight is 528 g/mol. The van der Waals surface area contributed by atoms with E-state index in [4.69, 9.17) is 5.26 Å². The molecule has 1 atom stereocenters. The van der Waals surface area contributed by atoms with Gasteiger partial charge in [0, 0.05) is 32.2 Å². The Morgan fingerprint density at radius 1 is 1.24 bits per heavy atom. The largest absolute Gasteiger partial charge is 0.394 e. The van der Waals surface area contributed by atoms with Gasteiger partial charge in [-0.25, -0.2) is 8.42 Å². The van der Waals surface area contributed by atoms with Crippen molar-refractivity contribution in [3.05, 3.63) is 52.3 Å². The van der Waals surface area contributed by atoms with Gasteiger partial charge in [0.25, 0.3) is 11.8 Å². The van der Waals surface area contributed by atoms with E-state index in [2.05, 4.69) is 10.4 Å². The van der Waals surface area contributed by atoms with Crippen LogP contribution in [-0.4, -0.2) is 80.4 Å². The molecule has 3 aliphatic rings. The number of benzene rings is 1. The second-order valence-corrected chi connectivity index (χ2v) is 12.9. The molecular weight excluding hydrogens is 498 g/mol. The quantitative estimate of drug-likeness (QED) is 0.412. The van der Waals surface area contributed by atoms with Crippen LogP contribution in [-0.2, 0) is 29.9 Å². The molecule has 1 aliphatic heterocycles. The number of aryl methyl sites for hydroxylation is 1. The lowest BCUT2D eigenvalue weighted by Gasteiger charge is -2.33. The molecule has 0 spiro atoms. The van der Waals surface area contributed by atoms with Crippen LogP contribution < -0.4 is 5.32 Å². The number of rotatable bonds is 9. The lowest BCUT2D eigenvalue weighted by Crippen LogP contribution is -2.51. The molecule has 5 rings (SSSR count). The lowest BCUT2D eigenvalue weighted by atomic mass is 10.0. The molecule has 0 bridgehead atoms. The second-order valence-electron chi connectivity index (χ2n) is 10.2. The standard InChI is InChI=1S/C25H29N5O6S/c1-29-21-18(20(28-29)22(33)27-13-17-4-2-16(12-26)3-5-17)6-11-30(23(21)34)15-24(7-8-24)37(35,36)25(9-10-25)19(32)14-31/h2-5,19,31-32H,6-11,13-15H2,1H3,(H,27,33). The zero-order valence-electron chi connectivity index (χ0n) is 20.5. The molecule has 37 heavy (non-hydrogen) atoms. The number of aliphatic hydroxyl groups excluding tert-OH is 2. The van der Waals surface area contributed by atoms with Gasteiger partial charge >= 0.3 is 0 Å². The number of nitriles is 1. The van der Waals surface area contributed by atoms with Crippen molar-refractivity contribution < 1.29 is 28.2 Å². The van der Waals surface area contributed by atoms with E-state index in [1.807, 2.05) is 6.07 Å². The fraction of sp³-hybridized carbons (Fsp3) is 0.520. The fourth-order valence-corrected chi connectivity index (χ4v) is 8.27. The molecule has 3 N–H and O–H groups in total. The summed E-state index contributed by atoms with van der Waals surface area (Å²) >= 11 is 0. The number of aromatic nitrogens is 2. The number of fused-ring (bicyclic) bond motifs is 1. The van der Waals surface area contributed by atoms with Crippen LogP contribution in [0.25, 0.3) is 0 Å². The lowest BCUT2D eigenvalue weighted by molar-refractivity contribution is 0.0720. The molecule has 2 heterocycles. The topological polar surface area (TPSA) is 166 Å². The van der Waals surface area contributed by atoms with Crippen LogP contribution in [0.4, 0.5) is 0 Å². The Bertz CT molecular complexity index is 1400. The summed E-state index contributed by atoms with van der Waals surface area (Å²) in [4.78, 5) is 27.8. The van der Waals surface area contributed by atoms with Crippen molar-refractivity contribution in [1.82, 2.24) is 20.0 Å². The second kappa shape index (κ2) is 8.93. The fourth-order valence-electron chi connectivity index (χ4n) is 5.37. The molecule has 11 nitrogen and oxygen atoms in total. The Morgan fingerprint density at radius 3 is 2.49 bits per heavy atom. The highest BCUT2D eigenvalue weighted by Gasteiger charge is 2.70. The first-order chi connectivity index (χ1) is 17.6. The number of nitrogens with zero attached hydrogens (tertiary/aromatic N) is 4. The summed E-state index contributed by atoms with van der Waals surface area (Å²) in [6.07, 6.45) is 0.440. The minimum atomic E-state index is -3.79. The Hall–Kier alpha value is -3.27. The Balaban J connectivity index is 1.31. The highest BCUT2D eigenvalue weighted by atomic mass is 32.2. The van der Waals surface area contributed by atoms with Gasteiger partial charge in [0.05, 0.1) is 29.1 Å². The van der Waals surface area contributed by atoms with Crippen molar-refractivity contribution in [2.75, 3.05) is 19.7 Å². The van der Waals surface area contributed by atoms with Gasteiger partial charge in [0.15, 0.2) is 15.5 Å². The predicted octanol–water partition coefficient (Wildman–Crippen LogP) is 0.0533. The van der Waals surface area contributed by atoms with Gasteiger partial charge in [-0.2, -0.15) is 10.4 Å². The van der Waals surface area contributed by atoms with Gasteiger partial charge in [0.2, 0.25) is 0 Å². The third-order valence-corrected chi connectivity index (χ3v) is 11.4. The van der Waals surface area contributed by atoms with Crippen molar-refractivity contribution in [3.8, 4) is 6.07 Å². The molecule has 1 aromatic carbocycles. The van der Waals surface area contributed by atoms with Gasteiger partial charge in [-0.05, 0) is 49.8 Å². The first-order valence-electron chi connectivity index (χ1n) is 12.2. The molecule has 196 valence electrons. The van der Waals surface area contributed by atoms with E-state index in [0.717, 1.165) is 5.56 Å². The maximum atomic E-state index is 13.5. The van der Waals surface area contributed by atoms with Crippen LogP contribution >= 0.6 is 0 Å². The molecule has 0 saturated heterocycles. The van der Waals surface area contributed by atoms with E-state index in [1.165, 1.54) is 9.58 Å². The number of hydrogen-bond acceptors (Lipinski definition) is 8. The van der Waals surface area contributed by atoms with Gasteiger partial charge in [-0.15, -0.1) is 0 Å². The van der Waals surface area contributed by atoms with E-state index in [9.17, 15) is 28.2 Å². The zero-order valence-corrected chi connectivity index (χ0v) is 21.3. The van der Waals surface area contributed by atoms with Crippen LogP contribution in [0.15, 0.2) is 24.3 Å². The van der Waals surface area contributed by atoms with E-state index in [-0.39, 0.29) is 36.9 Å². The summed E-state index contributed by atoms with van der Waals surface area (Å²) in [7, 11) is -2.21. The molecule has 2 aromatic rings. The summed E-state index contributed by atoms with van der Waals surface area (Å²) in [5, 5.41) is 35.6. The van der Waals surface area contributed by atoms with Gasteiger partial charge in [0.1, 0.15) is 10.4 Å². The third kappa shape index (κ3) is 4.02. The molecule has 1 aromatic heterocycles. The first kappa shape index (κ1) is 25.4. The number of carbonyl (C=O) groups excluding carboxylic acids is 2. The third-order valence-electron chi connectivity index (χ3n) is 7.93. The molecule has 2 fully saturated rings. The Morgan fingerprint density at radius 2 is 1.92 bits per heavy atom. The zero-order chi connectivity index (χ0) is 26.6. The first-order valence-corrected chi connectivity index (χ1v) is 13.7. The van der Waals surface area contributed by atoms with Crippen molar-refractivity contribution in [2.45, 2.75) is 54.2 Å². The van der Waals surface area contributed by atoms with Gasteiger partial charge < -0.3 is 20.4 Å². The Labute approximate surface area is 214 Å². The van der Waals surface area contributed by atoms with Crippen LogP contribution in [0.5, 0.6) is 0 Å². The molecular formula is C25H29N5O6S. The molecule has 2 aliphatic carbocycles. The maximum absolute atomic E-state index is 13.5. The molecule has 0 radical (unpaired) electrons. The van der Waals surface area contributed by atoms with Gasteiger partial charge in [-0.3, -0.25) is 14.3 Å². The number of sulfone groups is 1. The SMILES string of the molecule is Cn1nc(C(=O)NCc2ccc(C#N)cc2)c2c1C(=O)N(CC1(S(=O)(=O)C3(C(O)CO)CC3)CC1)CC2. The van der Waals surface area contributed by atoms with Crippen molar-refractivity contribution >= 4 is 21.7 Å². The monoisotopic (exact) mass is 527 g/mol. The van der Waals surface area contributed by atoms with Crippen molar-refractivity contribution in [3.63, 3.8) is 0 Å². The predicted molar refractivity (Wildman–Crippen MR) is 131 cm³/mol. The van der Waals surface area contributed by atoms with E-state index in [0.29, 0.717) is 43.2 Å². The summed E-state index contributed by atoms with van der Waals surface area (Å²) in [5.41, 5.74) is 2.29. The number of hydrogen-bond donors (Lipinski definition) is 3. The van der Waals surface area contributed by atoms with E-state index < -0.39 is 37.9 Å². The summed E-state index contributed by atoms with van der Waals surface area (Å²) in [5.74, 6) is -0.797. The smallest absolute Gasteiger partial charge is 0.272 e. The summed E-state index contributed by atoms with van der Waals surface area (Å²) in [6.45, 7) is -0.122. The van der Waals surface area contributed by atoms with E-state index >= 15 is 0 Å². The van der Waals surface area contributed by atoms with Crippen LogP contribution in [0.3, 0.4) is 0 Å².